The van der Waals surface area contributed by atoms with E-state index in [2.05, 4.69) is 24.1 Å². The van der Waals surface area contributed by atoms with E-state index in [9.17, 15) is 0 Å². The van der Waals surface area contributed by atoms with Crippen LogP contribution in [0, 0.1) is 5.41 Å². The first kappa shape index (κ1) is 9.47. The Bertz CT molecular complexity index is 171. The fourth-order valence-electron chi connectivity index (χ4n) is 2.64. The van der Waals surface area contributed by atoms with E-state index >= 15 is 0 Å². The van der Waals surface area contributed by atoms with Crippen molar-refractivity contribution in [2.24, 2.45) is 5.41 Å². The van der Waals surface area contributed by atoms with Crippen molar-refractivity contribution < 1.29 is 0 Å². The molecule has 1 N–H and O–H groups in total. The molecule has 0 aliphatic carbocycles. The van der Waals surface area contributed by atoms with Crippen molar-refractivity contribution >= 4 is 0 Å². The number of hydrogen-bond acceptors (Lipinski definition) is 2. The second-order valence-electron chi connectivity index (χ2n) is 5.37. The maximum absolute atomic E-state index is 3.43. The Morgan fingerprint density at radius 2 is 1.92 bits per heavy atom. The lowest BCUT2D eigenvalue weighted by Gasteiger charge is -2.32. The summed E-state index contributed by atoms with van der Waals surface area (Å²) in [4.78, 5) is 2.71. The fourth-order valence-corrected chi connectivity index (χ4v) is 2.64. The molecule has 2 fully saturated rings. The first-order chi connectivity index (χ1) is 6.17. The minimum absolute atomic E-state index is 0.574. The van der Waals surface area contributed by atoms with Gasteiger partial charge < -0.3 is 5.32 Å². The summed E-state index contributed by atoms with van der Waals surface area (Å²) in [6.07, 6.45) is 4.10. The standard InChI is InChI=1S/C11H22N2/c1-11(2)5-8-13(9-11)10-3-6-12-7-4-10/h10,12H,3-9H2,1-2H3. The van der Waals surface area contributed by atoms with Gasteiger partial charge in [0.15, 0.2) is 0 Å². The van der Waals surface area contributed by atoms with E-state index in [4.69, 9.17) is 0 Å². The van der Waals surface area contributed by atoms with Crippen molar-refractivity contribution in [1.82, 2.24) is 10.2 Å². The first-order valence-electron chi connectivity index (χ1n) is 5.62. The van der Waals surface area contributed by atoms with Gasteiger partial charge in [-0.3, -0.25) is 4.90 Å². The number of rotatable bonds is 1. The Kier molecular flexibility index (Phi) is 2.61. The lowest BCUT2D eigenvalue weighted by atomic mass is 9.93. The summed E-state index contributed by atoms with van der Waals surface area (Å²) in [5, 5.41) is 3.43. The van der Waals surface area contributed by atoms with Crippen molar-refractivity contribution in [3.8, 4) is 0 Å². The zero-order valence-electron chi connectivity index (χ0n) is 8.97. The van der Waals surface area contributed by atoms with Gasteiger partial charge in [-0.1, -0.05) is 13.8 Å². The summed E-state index contributed by atoms with van der Waals surface area (Å²) >= 11 is 0. The Morgan fingerprint density at radius 3 is 2.46 bits per heavy atom. The zero-order chi connectivity index (χ0) is 9.31. The van der Waals surface area contributed by atoms with Crippen LogP contribution in [-0.2, 0) is 0 Å². The Balaban J connectivity index is 1.87. The number of nitrogens with zero attached hydrogens (tertiary/aromatic N) is 1. The molecular weight excluding hydrogens is 160 g/mol. The smallest absolute Gasteiger partial charge is 0.0120 e. The quantitative estimate of drug-likeness (QED) is 0.660. The van der Waals surface area contributed by atoms with Gasteiger partial charge in [0.25, 0.3) is 0 Å². The molecule has 0 spiro atoms. The Labute approximate surface area is 81.7 Å². The largest absolute Gasteiger partial charge is 0.317 e. The van der Waals surface area contributed by atoms with E-state index in [0.717, 1.165) is 6.04 Å². The van der Waals surface area contributed by atoms with Crippen LogP contribution in [0.15, 0.2) is 0 Å². The molecule has 2 saturated heterocycles. The fraction of sp³-hybridized carbons (Fsp3) is 1.00. The SMILES string of the molecule is CC1(C)CCN(C2CCNCC2)C1. The molecule has 2 nitrogen and oxygen atoms in total. The van der Waals surface area contributed by atoms with Gasteiger partial charge in [0.05, 0.1) is 0 Å². The molecule has 0 amide bonds. The molecular formula is C11H22N2. The minimum Gasteiger partial charge on any atom is -0.317 e. The lowest BCUT2D eigenvalue weighted by molar-refractivity contribution is 0.181. The topological polar surface area (TPSA) is 15.3 Å². The van der Waals surface area contributed by atoms with Crippen LogP contribution in [0.5, 0.6) is 0 Å². The van der Waals surface area contributed by atoms with E-state index in [-0.39, 0.29) is 0 Å². The summed E-state index contributed by atoms with van der Waals surface area (Å²) in [5.41, 5.74) is 0.574. The van der Waals surface area contributed by atoms with Crippen LogP contribution >= 0.6 is 0 Å². The number of likely N-dealkylation sites (tertiary alicyclic amines) is 1. The molecule has 2 aliphatic rings. The molecule has 2 rings (SSSR count). The van der Waals surface area contributed by atoms with Crippen molar-refractivity contribution in [2.45, 2.75) is 39.2 Å². The Morgan fingerprint density at radius 1 is 1.23 bits per heavy atom. The van der Waals surface area contributed by atoms with Crippen molar-refractivity contribution in [2.75, 3.05) is 26.2 Å². The molecule has 0 atom stereocenters. The third-order valence-corrected chi connectivity index (χ3v) is 3.53. The third-order valence-electron chi connectivity index (χ3n) is 3.53. The van der Waals surface area contributed by atoms with Gasteiger partial charge in [0.1, 0.15) is 0 Å². The van der Waals surface area contributed by atoms with Gasteiger partial charge in [-0.15, -0.1) is 0 Å². The van der Waals surface area contributed by atoms with Gasteiger partial charge >= 0.3 is 0 Å². The summed E-state index contributed by atoms with van der Waals surface area (Å²) in [6.45, 7) is 9.89. The molecule has 0 bridgehead atoms. The van der Waals surface area contributed by atoms with Crippen LogP contribution < -0.4 is 5.32 Å². The first-order valence-corrected chi connectivity index (χ1v) is 5.62. The van der Waals surface area contributed by atoms with Crippen molar-refractivity contribution in [1.29, 1.82) is 0 Å². The lowest BCUT2D eigenvalue weighted by Crippen LogP contribution is -2.42. The molecule has 0 unspecified atom stereocenters. The number of hydrogen-bond donors (Lipinski definition) is 1. The molecule has 0 saturated carbocycles. The highest BCUT2D eigenvalue weighted by atomic mass is 15.2. The maximum atomic E-state index is 3.43. The van der Waals surface area contributed by atoms with Gasteiger partial charge in [-0.2, -0.15) is 0 Å². The van der Waals surface area contributed by atoms with Crippen molar-refractivity contribution in [3.63, 3.8) is 0 Å². The summed E-state index contributed by atoms with van der Waals surface area (Å²) in [5.74, 6) is 0. The second kappa shape index (κ2) is 3.58. The number of nitrogens with one attached hydrogen (secondary N) is 1. The van der Waals surface area contributed by atoms with E-state index in [1.165, 1.54) is 45.4 Å². The van der Waals surface area contributed by atoms with E-state index in [1.54, 1.807) is 0 Å². The highest BCUT2D eigenvalue weighted by Crippen LogP contribution is 2.31. The molecule has 0 aromatic rings. The monoisotopic (exact) mass is 182 g/mol. The van der Waals surface area contributed by atoms with E-state index in [0.29, 0.717) is 5.41 Å². The molecule has 0 aromatic heterocycles. The molecule has 76 valence electrons. The maximum Gasteiger partial charge on any atom is 0.0120 e. The zero-order valence-corrected chi connectivity index (χ0v) is 8.97. The molecule has 2 heterocycles. The predicted molar refractivity (Wildman–Crippen MR) is 55.9 cm³/mol. The van der Waals surface area contributed by atoms with Crippen LogP contribution in [0.25, 0.3) is 0 Å². The van der Waals surface area contributed by atoms with Crippen LogP contribution in [0.3, 0.4) is 0 Å². The van der Waals surface area contributed by atoms with Gasteiger partial charge in [0.2, 0.25) is 0 Å². The summed E-state index contributed by atoms with van der Waals surface area (Å²) in [7, 11) is 0. The molecule has 2 heteroatoms. The van der Waals surface area contributed by atoms with Crippen LogP contribution in [-0.4, -0.2) is 37.1 Å². The predicted octanol–water partition coefficient (Wildman–Crippen LogP) is 1.47. The molecule has 13 heavy (non-hydrogen) atoms. The summed E-state index contributed by atoms with van der Waals surface area (Å²) < 4.78 is 0. The van der Waals surface area contributed by atoms with Crippen molar-refractivity contribution in [3.05, 3.63) is 0 Å². The van der Waals surface area contributed by atoms with Gasteiger partial charge in [0, 0.05) is 12.6 Å². The van der Waals surface area contributed by atoms with Crippen LogP contribution in [0.1, 0.15) is 33.1 Å². The highest BCUT2D eigenvalue weighted by Gasteiger charge is 2.33. The molecule has 0 aromatic carbocycles. The van der Waals surface area contributed by atoms with E-state index in [1.807, 2.05) is 0 Å². The molecule has 2 aliphatic heterocycles. The normalized spacial score (nSPS) is 30.9. The second-order valence-corrected chi connectivity index (χ2v) is 5.37. The average Bonchev–Trinajstić information content (AvgIpc) is 2.48. The average molecular weight is 182 g/mol. The van der Waals surface area contributed by atoms with Gasteiger partial charge in [-0.05, 0) is 44.3 Å². The third kappa shape index (κ3) is 2.23. The van der Waals surface area contributed by atoms with Gasteiger partial charge in [-0.25, -0.2) is 0 Å². The summed E-state index contributed by atoms with van der Waals surface area (Å²) in [6, 6.07) is 0.878. The van der Waals surface area contributed by atoms with Crippen LogP contribution in [0.4, 0.5) is 0 Å². The minimum atomic E-state index is 0.574. The Hall–Kier alpha value is -0.0800. The highest BCUT2D eigenvalue weighted by molar-refractivity contribution is 4.88. The van der Waals surface area contributed by atoms with Crippen LogP contribution in [0.2, 0.25) is 0 Å². The molecule has 0 radical (unpaired) electrons. The van der Waals surface area contributed by atoms with E-state index < -0.39 is 0 Å². The number of piperidine rings is 1.